The molecule has 0 unspecified atom stereocenters. The van der Waals surface area contributed by atoms with Crippen molar-refractivity contribution < 1.29 is 4.79 Å². The number of amides is 1. The van der Waals surface area contributed by atoms with E-state index in [1.54, 1.807) is 6.07 Å². The first-order valence-corrected chi connectivity index (χ1v) is 7.40. The number of carbonyl (C=O) groups excluding carboxylic acids is 1. The number of piperidine rings is 1. The van der Waals surface area contributed by atoms with Gasteiger partial charge in [-0.2, -0.15) is 0 Å². The predicted molar refractivity (Wildman–Crippen MR) is 81.9 cm³/mol. The minimum absolute atomic E-state index is 0.0490. The van der Waals surface area contributed by atoms with Crippen LogP contribution < -0.4 is 5.32 Å². The Labute approximate surface area is 121 Å². The molecular weight excluding hydrogens is 250 g/mol. The van der Waals surface area contributed by atoms with Crippen LogP contribution in [0.2, 0.25) is 0 Å². The third kappa shape index (κ3) is 3.71. The molecule has 1 aliphatic heterocycles. The first-order valence-electron chi connectivity index (χ1n) is 7.40. The van der Waals surface area contributed by atoms with E-state index in [1.165, 1.54) is 0 Å². The molecule has 1 fully saturated rings. The van der Waals surface area contributed by atoms with Crippen LogP contribution >= 0.6 is 0 Å². The molecule has 0 spiro atoms. The van der Waals surface area contributed by atoms with Crippen molar-refractivity contribution in [1.82, 2.24) is 9.88 Å². The number of anilines is 1. The Hall–Kier alpha value is -1.58. The summed E-state index contributed by atoms with van der Waals surface area (Å²) in [6.07, 6.45) is 2.12. The molecule has 4 heteroatoms. The highest BCUT2D eigenvalue weighted by atomic mass is 16.2. The topological polar surface area (TPSA) is 45.2 Å². The van der Waals surface area contributed by atoms with E-state index in [4.69, 9.17) is 0 Å². The van der Waals surface area contributed by atoms with Gasteiger partial charge in [0, 0.05) is 19.1 Å². The zero-order valence-corrected chi connectivity index (χ0v) is 12.9. The summed E-state index contributed by atoms with van der Waals surface area (Å²) in [5, 5.41) is 3.23. The van der Waals surface area contributed by atoms with Crippen molar-refractivity contribution in [1.29, 1.82) is 0 Å². The van der Waals surface area contributed by atoms with Crippen LogP contribution in [0.25, 0.3) is 0 Å². The number of rotatable bonds is 3. The minimum Gasteiger partial charge on any atom is -0.368 e. The van der Waals surface area contributed by atoms with Crippen molar-refractivity contribution >= 4 is 11.7 Å². The Morgan fingerprint density at radius 1 is 1.30 bits per heavy atom. The summed E-state index contributed by atoms with van der Waals surface area (Å²) in [6.45, 7) is 10.3. The van der Waals surface area contributed by atoms with Crippen LogP contribution in [0.15, 0.2) is 18.2 Å². The lowest BCUT2D eigenvalue weighted by molar-refractivity contribution is 0.0624. The molecule has 1 aromatic heterocycles. The molecule has 0 saturated carbocycles. The molecule has 1 aliphatic rings. The molecule has 0 aliphatic carbocycles. The average molecular weight is 275 g/mol. The Kier molecular flexibility index (Phi) is 4.31. The van der Waals surface area contributed by atoms with Gasteiger partial charge in [0.15, 0.2) is 0 Å². The molecule has 20 heavy (non-hydrogen) atoms. The normalized spacial score (nSPS) is 18.1. The van der Waals surface area contributed by atoms with Crippen molar-refractivity contribution in [2.75, 3.05) is 18.4 Å². The molecule has 0 aromatic carbocycles. The van der Waals surface area contributed by atoms with E-state index in [0.717, 1.165) is 31.7 Å². The van der Waals surface area contributed by atoms with E-state index in [1.807, 2.05) is 17.0 Å². The quantitative estimate of drug-likeness (QED) is 0.921. The minimum atomic E-state index is 0.0490. The number of pyridine rings is 1. The smallest absolute Gasteiger partial charge is 0.272 e. The molecule has 0 bridgehead atoms. The van der Waals surface area contributed by atoms with Crippen LogP contribution in [-0.4, -0.2) is 34.9 Å². The SMILES string of the molecule is CC(C)Nc1cccc(C(=O)N2CCC(C)(C)CC2)n1. The van der Waals surface area contributed by atoms with Crippen LogP contribution in [0, 0.1) is 5.41 Å². The maximum absolute atomic E-state index is 12.5. The van der Waals surface area contributed by atoms with E-state index < -0.39 is 0 Å². The molecule has 2 rings (SSSR count). The highest BCUT2D eigenvalue weighted by Gasteiger charge is 2.28. The van der Waals surface area contributed by atoms with Gasteiger partial charge in [0.25, 0.3) is 5.91 Å². The summed E-state index contributed by atoms with van der Waals surface area (Å²) < 4.78 is 0. The lowest BCUT2D eigenvalue weighted by Gasteiger charge is -2.36. The molecule has 1 amide bonds. The van der Waals surface area contributed by atoms with E-state index in [2.05, 4.69) is 38.0 Å². The summed E-state index contributed by atoms with van der Waals surface area (Å²) in [7, 11) is 0. The Morgan fingerprint density at radius 3 is 2.55 bits per heavy atom. The van der Waals surface area contributed by atoms with Gasteiger partial charge in [0.2, 0.25) is 0 Å². The number of carbonyl (C=O) groups is 1. The summed E-state index contributed by atoms with van der Waals surface area (Å²) in [5.41, 5.74) is 0.890. The lowest BCUT2D eigenvalue weighted by atomic mass is 9.82. The van der Waals surface area contributed by atoms with Crippen LogP contribution in [0.5, 0.6) is 0 Å². The molecule has 1 saturated heterocycles. The third-order valence-corrected chi connectivity index (χ3v) is 3.81. The van der Waals surface area contributed by atoms with E-state index in [9.17, 15) is 4.79 Å². The number of nitrogens with zero attached hydrogens (tertiary/aromatic N) is 2. The molecule has 4 nitrogen and oxygen atoms in total. The number of aromatic nitrogens is 1. The van der Waals surface area contributed by atoms with Crippen LogP contribution in [0.3, 0.4) is 0 Å². The Balaban J connectivity index is 2.06. The summed E-state index contributed by atoms with van der Waals surface area (Å²) >= 11 is 0. The van der Waals surface area contributed by atoms with Gasteiger partial charge < -0.3 is 10.2 Å². The zero-order valence-electron chi connectivity index (χ0n) is 12.9. The zero-order chi connectivity index (χ0) is 14.8. The second kappa shape index (κ2) is 5.81. The molecular formula is C16H25N3O. The number of nitrogens with one attached hydrogen (secondary N) is 1. The number of likely N-dealkylation sites (tertiary alicyclic amines) is 1. The standard InChI is InChI=1S/C16H25N3O/c1-12(2)17-14-7-5-6-13(18-14)15(20)19-10-8-16(3,4)9-11-19/h5-7,12H,8-11H2,1-4H3,(H,17,18). The van der Waals surface area contributed by atoms with Crippen molar-refractivity contribution in [3.05, 3.63) is 23.9 Å². The van der Waals surface area contributed by atoms with Crippen LogP contribution in [-0.2, 0) is 0 Å². The Morgan fingerprint density at radius 2 is 1.95 bits per heavy atom. The fraction of sp³-hybridized carbons (Fsp3) is 0.625. The fourth-order valence-electron chi connectivity index (χ4n) is 2.41. The monoisotopic (exact) mass is 275 g/mol. The largest absolute Gasteiger partial charge is 0.368 e. The van der Waals surface area contributed by atoms with Crippen LogP contribution in [0.1, 0.15) is 51.0 Å². The van der Waals surface area contributed by atoms with Gasteiger partial charge in [-0.05, 0) is 44.2 Å². The van der Waals surface area contributed by atoms with Crippen molar-refractivity contribution in [2.24, 2.45) is 5.41 Å². The first kappa shape index (κ1) is 14.8. The van der Waals surface area contributed by atoms with Crippen molar-refractivity contribution in [3.63, 3.8) is 0 Å². The van der Waals surface area contributed by atoms with Gasteiger partial charge in [-0.25, -0.2) is 4.98 Å². The summed E-state index contributed by atoms with van der Waals surface area (Å²) in [4.78, 5) is 18.8. The average Bonchev–Trinajstić information content (AvgIpc) is 2.37. The number of hydrogen-bond donors (Lipinski definition) is 1. The summed E-state index contributed by atoms with van der Waals surface area (Å²) in [6, 6.07) is 5.89. The highest BCUT2D eigenvalue weighted by Crippen LogP contribution is 2.30. The summed E-state index contributed by atoms with van der Waals surface area (Å²) in [5.74, 6) is 0.816. The fourth-order valence-corrected chi connectivity index (χ4v) is 2.41. The molecule has 0 atom stereocenters. The van der Waals surface area contributed by atoms with Gasteiger partial charge in [0.05, 0.1) is 0 Å². The van der Waals surface area contributed by atoms with Crippen molar-refractivity contribution in [3.8, 4) is 0 Å². The van der Waals surface area contributed by atoms with E-state index >= 15 is 0 Å². The molecule has 1 N–H and O–H groups in total. The lowest BCUT2D eigenvalue weighted by Crippen LogP contribution is -2.41. The first-order chi connectivity index (χ1) is 9.37. The van der Waals surface area contributed by atoms with Crippen molar-refractivity contribution in [2.45, 2.75) is 46.6 Å². The maximum atomic E-state index is 12.5. The predicted octanol–water partition coefficient (Wildman–Crippen LogP) is 3.16. The van der Waals surface area contributed by atoms with Gasteiger partial charge in [-0.1, -0.05) is 19.9 Å². The Bertz CT molecular complexity index is 472. The third-order valence-electron chi connectivity index (χ3n) is 3.81. The number of hydrogen-bond acceptors (Lipinski definition) is 3. The highest BCUT2D eigenvalue weighted by molar-refractivity contribution is 5.92. The van der Waals surface area contributed by atoms with Gasteiger partial charge in [-0.3, -0.25) is 4.79 Å². The van der Waals surface area contributed by atoms with E-state index in [0.29, 0.717) is 17.2 Å². The molecule has 110 valence electrons. The van der Waals surface area contributed by atoms with Gasteiger partial charge in [0.1, 0.15) is 11.5 Å². The molecule has 0 radical (unpaired) electrons. The van der Waals surface area contributed by atoms with Gasteiger partial charge in [-0.15, -0.1) is 0 Å². The molecule has 1 aromatic rings. The second-order valence-corrected chi connectivity index (χ2v) is 6.66. The maximum Gasteiger partial charge on any atom is 0.272 e. The van der Waals surface area contributed by atoms with Crippen LogP contribution in [0.4, 0.5) is 5.82 Å². The van der Waals surface area contributed by atoms with E-state index in [-0.39, 0.29) is 5.91 Å². The second-order valence-electron chi connectivity index (χ2n) is 6.66. The molecule has 2 heterocycles. The van der Waals surface area contributed by atoms with Gasteiger partial charge >= 0.3 is 0 Å².